The van der Waals surface area contributed by atoms with E-state index in [0.717, 1.165) is 24.5 Å². The van der Waals surface area contributed by atoms with Crippen molar-refractivity contribution < 1.29 is 0 Å². The average molecular weight is 301 g/mol. The number of piperidine rings is 1. The number of nitrogens with two attached hydrogens (primary N) is 1. The molecule has 0 radical (unpaired) electrons. The van der Waals surface area contributed by atoms with Gasteiger partial charge in [-0.25, -0.2) is 0 Å². The molecule has 0 aliphatic carbocycles. The molecule has 1 fully saturated rings. The highest BCUT2D eigenvalue weighted by Gasteiger charge is 2.26. The number of anilines is 1. The van der Waals surface area contributed by atoms with E-state index >= 15 is 0 Å². The first-order valence-electron chi connectivity index (χ1n) is 7.44. The van der Waals surface area contributed by atoms with Crippen LogP contribution in [0.5, 0.6) is 0 Å². The number of hydrogen-bond donors (Lipinski definition) is 1. The predicted molar refractivity (Wildman–Crippen MR) is 90.2 cm³/mol. The topological polar surface area (TPSA) is 29.3 Å². The molecule has 3 heteroatoms. The monoisotopic (exact) mass is 300 g/mol. The van der Waals surface area contributed by atoms with Crippen LogP contribution in [0, 0.1) is 6.92 Å². The van der Waals surface area contributed by atoms with Crippen molar-refractivity contribution in [3.63, 3.8) is 0 Å². The summed E-state index contributed by atoms with van der Waals surface area (Å²) < 4.78 is 0. The summed E-state index contributed by atoms with van der Waals surface area (Å²) in [5.41, 5.74) is 10.2. The van der Waals surface area contributed by atoms with E-state index in [1.54, 1.807) is 0 Å². The van der Waals surface area contributed by atoms with Crippen molar-refractivity contribution in [3.05, 3.63) is 64.7 Å². The van der Waals surface area contributed by atoms with Gasteiger partial charge in [-0.05, 0) is 48.7 Å². The third-order valence-electron chi connectivity index (χ3n) is 4.19. The molecule has 0 amide bonds. The summed E-state index contributed by atoms with van der Waals surface area (Å²) in [6.45, 7) is 4.07. The van der Waals surface area contributed by atoms with Crippen molar-refractivity contribution in [2.24, 2.45) is 5.73 Å². The van der Waals surface area contributed by atoms with Gasteiger partial charge < -0.3 is 10.6 Å². The van der Waals surface area contributed by atoms with Gasteiger partial charge >= 0.3 is 0 Å². The van der Waals surface area contributed by atoms with E-state index < -0.39 is 0 Å². The molecule has 0 saturated carbocycles. The molecule has 2 aromatic carbocycles. The van der Waals surface area contributed by atoms with Crippen LogP contribution in [0.3, 0.4) is 0 Å². The maximum atomic E-state index is 6.29. The zero-order valence-corrected chi connectivity index (χ0v) is 13.1. The van der Waals surface area contributed by atoms with Crippen LogP contribution in [0.4, 0.5) is 5.69 Å². The second kappa shape index (κ2) is 6.08. The summed E-state index contributed by atoms with van der Waals surface area (Å²) in [7, 11) is 0. The van der Waals surface area contributed by atoms with Gasteiger partial charge in [0.15, 0.2) is 0 Å². The highest BCUT2D eigenvalue weighted by Crippen LogP contribution is 2.30. The summed E-state index contributed by atoms with van der Waals surface area (Å²) in [4.78, 5) is 2.40. The van der Waals surface area contributed by atoms with Crippen molar-refractivity contribution in [2.75, 3.05) is 18.0 Å². The van der Waals surface area contributed by atoms with Gasteiger partial charge in [0.25, 0.3) is 0 Å². The summed E-state index contributed by atoms with van der Waals surface area (Å²) in [5.74, 6) is 0.464. The Morgan fingerprint density at radius 2 is 1.86 bits per heavy atom. The van der Waals surface area contributed by atoms with Crippen LogP contribution in [0.1, 0.15) is 23.5 Å². The molecular formula is C18H21ClN2. The molecular weight excluding hydrogens is 280 g/mol. The summed E-state index contributed by atoms with van der Waals surface area (Å²) >= 11 is 5.99. The second-order valence-electron chi connectivity index (χ2n) is 5.99. The minimum Gasteiger partial charge on any atom is -0.369 e. The van der Waals surface area contributed by atoms with Crippen molar-refractivity contribution >= 4 is 17.3 Å². The minimum atomic E-state index is 0.208. The van der Waals surface area contributed by atoms with E-state index in [-0.39, 0.29) is 6.04 Å². The normalized spacial score (nSPS) is 22.3. The third-order valence-corrected chi connectivity index (χ3v) is 4.44. The van der Waals surface area contributed by atoms with Crippen LogP contribution in [0.2, 0.25) is 5.02 Å². The lowest BCUT2D eigenvalue weighted by Crippen LogP contribution is -2.46. The number of aryl methyl sites for hydroxylation is 1. The van der Waals surface area contributed by atoms with Crippen molar-refractivity contribution in [3.8, 4) is 0 Å². The first kappa shape index (κ1) is 14.4. The van der Waals surface area contributed by atoms with Crippen LogP contribution >= 0.6 is 11.6 Å². The van der Waals surface area contributed by atoms with Crippen LogP contribution in [-0.4, -0.2) is 19.1 Å². The SMILES string of the molecule is Cc1cccc(N2CC(N)CC(c3ccc(Cl)cc3)C2)c1. The quantitative estimate of drug-likeness (QED) is 0.909. The third kappa shape index (κ3) is 3.39. The maximum Gasteiger partial charge on any atom is 0.0406 e. The van der Waals surface area contributed by atoms with Crippen molar-refractivity contribution in [1.82, 2.24) is 0 Å². The Bertz CT molecular complexity index is 609. The summed E-state index contributed by atoms with van der Waals surface area (Å²) in [5, 5.41) is 0.786. The maximum absolute atomic E-state index is 6.29. The fourth-order valence-corrected chi connectivity index (χ4v) is 3.28. The molecule has 2 nitrogen and oxygen atoms in total. The summed E-state index contributed by atoms with van der Waals surface area (Å²) in [6.07, 6.45) is 1.03. The molecule has 1 saturated heterocycles. The van der Waals surface area contributed by atoms with Gasteiger partial charge in [0, 0.05) is 35.8 Å². The Morgan fingerprint density at radius 3 is 2.57 bits per heavy atom. The van der Waals surface area contributed by atoms with Gasteiger partial charge in [-0.2, -0.15) is 0 Å². The molecule has 0 spiro atoms. The number of hydrogen-bond acceptors (Lipinski definition) is 2. The molecule has 21 heavy (non-hydrogen) atoms. The molecule has 0 aromatic heterocycles. The van der Waals surface area contributed by atoms with E-state index in [1.807, 2.05) is 12.1 Å². The van der Waals surface area contributed by atoms with Crippen LogP contribution in [0.15, 0.2) is 48.5 Å². The fourth-order valence-electron chi connectivity index (χ4n) is 3.15. The van der Waals surface area contributed by atoms with E-state index in [1.165, 1.54) is 16.8 Å². The predicted octanol–water partition coefficient (Wildman–Crippen LogP) is 3.97. The largest absolute Gasteiger partial charge is 0.369 e. The Kier molecular flexibility index (Phi) is 4.18. The highest BCUT2D eigenvalue weighted by atomic mass is 35.5. The Morgan fingerprint density at radius 1 is 1.10 bits per heavy atom. The zero-order valence-electron chi connectivity index (χ0n) is 12.3. The molecule has 2 aromatic rings. The number of halogens is 1. The lowest BCUT2D eigenvalue weighted by atomic mass is 9.88. The minimum absolute atomic E-state index is 0.208. The van der Waals surface area contributed by atoms with Gasteiger partial charge in [0.2, 0.25) is 0 Å². The number of nitrogens with zero attached hydrogens (tertiary/aromatic N) is 1. The van der Waals surface area contributed by atoms with Gasteiger partial charge in [-0.15, -0.1) is 0 Å². The first-order chi connectivity index (χ1) is 10.1. The van der Waals surface area contributed by atoms with E-state index in [9.17, 15) is 0 Å². The molecule has 1 aliphatic rings. The molecule has 3 rings (SSSR count). The fraction of sp³-hybridized carbons (Fsp3) is 0.333. The zero-order chi connectivity index (χ0) is 14.8. The molecule has 2 atom stereocenters. The lowest BCUT2D eigenvalue weighted by Gasteiger charge is -2.38. The van der Waals surface area contributed by atoms with Crippen molar-refractivity contribution in [1.29, 1.82) is 0 Å². The number of rotatable bonds is 2. The molecule has 1 aliphatic heterocycles. The van der Waals surface area contributed by atoms with E-state index in [2.05, 4.69) is 48.2 Å². The molecule has 110 valence electrons. The second-order valence-corrected chi connectivity index (χ2v) is 6.42. The van der Waals surface area contributed by atoms with Gasteiger partial charge in [0.1, 0.15) is 0 Å². The summed E-state index contributed by atoms with van der Waals surface area (Å²) in [6, 6.07) is 17.0. The lowest BCUT2D eigenvalue weighted by molar-refractivity contribution is 0.454. The average Bonchev–Trinajstić information content (AvgIpc) is 2.47. The van der Waals surface area contributed by atoms with Crippen LogP contribution in [0.25, 0.3) is 0 Å². The van der Waals surface area contributed by atoms with E-state index in [0.29, 0.717) is 5.92 Å². The smallest absolute Gasteiger partial charge is 0.0406 e. The Balaban J connectivity index is 1.83. The van der Waals surface area contributed by atoms with Crippen LogP contribution < -0.4 is 10.6 Å². The Hall–Kier alpha value is -1.51. The number of benzene rings is 2. The molecule has 1 heterocycles. The molecule has 2 N–H and O–H groups in total. The van der Waals surface area contributed by atoms with Gasteiger partial charge in [0.05, 0.1) is 0 Å². The van der Waals surface area contributed by atoms with Crippen molar-refractivity contribution in [2.45, 2.75) is 25.3 Å². The standard InChI is InChI=1S/C18H21ClN2/c1-13-3-2-4-18(9-13)21-11-15(10-17(20)12-21)14-5-7-16(19)8-6-14/h2-9,15,17H,10-12,20H2,1H3. The van der Waals surface area contributed by atoms with Gasteiger partial charge in [-0.1, -0.05) is 35.9 Å². The first-order valence-corrected chi connectivity index (χ1v) is 7.82. The molecule has 2 unspecified atom stereocenters. The van der Waals surface area contributed by atoms with Crippen LogP contribution in [-0.2, 0) is 0 Å². The molecule has 0 bridgehead atoms. The highest BCUT2D eigenvalue weighted by molar-refractivity contribution is 6.30. The van der Waals surface area contributed by atoms with Gasteiger partial charge in [-0.3, -0.25) is 0 Å². The Labute approximate surface area is 131 Å². The van der Waals surface area contributed by atoms with E-state index in [4.69, 9.17) is 17.3 Å².